The third kappa shape index (κ3) is 0.927. The van der Waals surface area contributed by atoms with E-state index in [-0.39, 0.29) is 0 Å². The molecule has 0 spiro atoms. The van der Waals surface area contributed by atoms with Gasteiger partial charge in [0.2, 0.25) is 0 Å². The van der Waals surface area contributed by atoms with E-state index < -0.39 is 16.6 Å². The van der Waals surface area contributed by atoms with E-state index in [9.17, 15) is 9.59 Å². The van der Waals surface area contributed by atoms with Crippen LogP contribution in [0.2, 0.25) is 0 Å². The molecule has 1 atom stereocenters. The van der Waals surface area contributed by atoms with Gasteiger partial charge >= 0.3 is 5.91 Å². The van der Waals surface area contributed by atoms with E-state index in [0.717, 1.165) is 4.90 Å². The first-order valence-electron chi connectivity index (χ1n) is 2.29. The van der Waals surface area contributed by atoms with Gasteiger partial charge in [-0.1, -0.05) is 0 Å². The van der Waals surface area contributed by atoms with E-state index in [0.29, 0.717) is 11.8 Å². The molecule has 1 saturated heterocycles. The van der Waals surface area contributed by atoms with Gasteiger partial charge in [0.05, 0.1) is 0 Å². The fraction of sp³-hybridized carbons (Fsp3) is 0.500. The molecule has 1 rings (SSSR count). The highest BCUT2D eigenvalue weighted by atomic mass is 32.2. The topological polar surface area (TPSA) is 57.6 Å². The number of thioether (sulfide) groups is 1. The second kappa shape index (κ2) is 2.00. The predicted octanol–water partition coefficient (Wildman–Crippen LogP) is -1.01. The van der Waals surface area contributed by atoms with Gasteiger partial charge in [0.25, 0.3) is 5.12 Å². The fourth-order valence-corrected chi connectivity index (χ4v) is 1.16. The summed E-state index contributed by atoms with van der Waals surface area (Å²) in [6, 6.07) is 0. The zero-order valence-corrected chi connectivity index (χ0v) is 5.51. The van der Waals surface area contributed by atoms with Crippen LogP contribution in [0.4, 0.5) is 0 Å². The Morgan fingerprint density at radius 2 is 2.22 bits per heavy atom. The van der Waals surface area contributed by atoms with Crippen LogP contribution in [0.25, 0.3) is 0 Å². The van der Waals surface area contributed by atoms with Crippen LogP contribution in [0.5, 0.6) is 0 Å². The Bertz CT molecular complexity index is 169. The van der Waals surface area contributed by atoms with Gasteiger partial charge in [0.15, 0.2) is 5.56 Å². The van der Waals surface area contributed by atoms with Gasteiger partial charge < -0.3 is 10.0 Å². The summed E-state index contributed by atoms with van der Waals surface area (Å²) in [7, 11) is 1.38. The molecular weight excluding hydrogens is 142 g/mol. The highest BCUT2D eigenvalue weighted by Crippen LogP contribution is 2.21. The van der Waals surface area contributed by atoms with Gasteiger partial charge in [-0.25, -0.2) is 0 Å². The molecular formula is C4H5NO3S. The molecule has 1 heterocycles. The predicted molar refractivity (Wildman–Crippen MR) is 31.4 cm³/mol. The summed E-state index contributed by atoms with van der Waals surface area (Å²) in [6.45, 7) is 0. The SMILES string of the molecule is CN1C(=O)C(=O)SC1O. The van der Waals surface area contributed by atoms with E-state index >= 15 is 0 Å². The smallest absolute Gasteiger partial charge is 0.303 e. The molecule has 5 heteroatoms. The van der Waals surface area contributed by atoms with Crippen LogP contribution in [-0.4, -0.2) is 33.6 Å². The molecule has 0 saturated carbocycles. The minimum Gasteiger partial charge on any atom is -0.364 e. The molecule has 4 nitrogen and oxygen atoms in total. The molecule has 0 aromatic carbocycles. The van der Waals surface area contributed by atoms with Crippen molar-refractivity contribution in [1.82, 2.24) is 4.90 Å². The zero-order chi connectivity index (χ0) is 7.02. The number of rotatable bonds is 0. The highest BCUT2D eigenvalue weighted by Gasteiger charge is 2.34. The number of amides is 1. The molecule has 0 bridgehead atoms. The minimum atomic E-state index is -0.981. The largest absolute Gasteiger partial charge is 0.364 e. The van der Waals surface area contributed by atoms with Crippen molar-refractivity contribution in [2.45, 2.75) is 5.56 Å². The molecule has 1 amide bonds. The Hall–Kier alpha value is -0.550. The lowest BCUT2D eigenvalue weighted by molar-refractivity contribution is -0.140. The van der Waals surface area contributed by atoms with Crippen LogP contribution in [0, 0.1) is 0 Å². The molecule has 1 fully saturated rings. The third-order valence-corrected chi connectivity index (χ3v) is 1.95. The van der Waals surface area contributed by atoms with Crippen molar-refractivity contribution in [3.8, 4) is 0 Å². The van der Waals surface area contributed by atoms with E-state index in [4.69, 9.17) is 5.11 Å². The van der Waals surface area contributed by atoms with Crippen LogP contribution in [0.3, 0.4) is 0 Å². The number of aliphatic hydroxyl groups is 1. The van der Waals surface area contributed by atoms with Crippen molar-refractivity contribution in [2.24, 2.45) is 0 Å². The summed E-state index contributed by atoms with van der Waals surface area (Å²) in [6.07, 6.45) is 0. The highest BCUT2D eigenvalue weighted by molar-refractivity contribution is 8.16. The van der Waals surface area contributed by atoms with Crippen molar-refractivity contribution >= 4 is 22.8 Å². The lowest BCUT2D eigenvalue weighted by Crippen LogP contribution is -2.28. The molecule has 9 heavy (non-hydrogen) atoms. The first kappa shape index (κ1) is 6.57. The number of hydrogen-bond acceptors (Lipinski definition) is 4. The second-order valence-corrected chi connectivity index (χ2v) is 2.68. The molecule has 50 valence electrons. The number of carbonyl (C=O) groups excluding carboxylic acids is 2. The first-order chi connectivity index (χ1) is 4.13. The van der Waals surface area contributed by atoms with Crippen molar-refractivity contribution in [1.29, 1.82) is 0 Å². The minimum absolute atomic E-state index is 0.593. The molecule has 1 N–H and O–H groups in total. The van der Waals surface area contributed by atoms with Crippen LogP contribution in [-0.2, 0) is 9.59 Å². The maximum atomic E-state index is 10.5. The molecule has 1 unspecified atom stereocenters. The lowest BCUT2D eigenvalue weighted by Gasteiger charge is -2.09. The van der Waals surface area contributed by atoms with E-state index in [1.54, 1.807) is 0 Å². The molecule has 1 aliphatic heterocycles. The van der Waals surface area contributed by atoms with Crippen LogP contribution in [0.15, 0.2) is 0 Å². The van der Waals surface area contributed by atoms with Gasteiger partial charge in [-0.2, -0.15) is 0 Å². The summed E-state index contributed by atoms with van der Waals surface area (Å²) < 4.78 is 0. The van der Waals surface area contributed by atoms with Crippen molar-refractivity contribution in [2.75, 3.05) is 7.05 Å². The van der Waals surface area contributed by atoms with Crippen molar-refractivity contribution in [3.63, 3.8) is 0 Å². The quantitative estimate of drug-likeness (QED) is 0.446. The van der Waals surface area contributed by atoms with Crippen molar-refractivity contribution < 1.29 is 14.7 Å². The van der Waals surface area contributed by atoms with E-state index in [1.807, 2.05) is 0 Å². The van der Waals surface area contributed by atoms with Gasteiger partial charge in [-0.15, -0.1) is 0 Å². The van der Waals surface area contributed by atoms with Crippen molar-refractivity contribution in [3.05, 3.63) is 0 Å². The summed E-state index contributed by atoms with van der Waals surface area (Å²) in [5, 5.41) is 8.19. The van der Waals surface area contributed by atoms with Crippen LogP contribution >= 0.6 is 11.8 Å². The van der Waals surface area contributed by atoms with E-state index in [1.165, 1.54) is 7.05 Å². The summed E-state index contributed by atoms with van der Waals surface area (Å²) >= 11 is 0.630. The Balaban J connectivity index is 2.77. The Kier molecular flexibility index (Phi) is 1.46. The maximum Gasteiger partial charge on any atom is 0.303 e. The molecule has 0 aromatic rings. The zero-order valence-electron chi connectivity index (χ0n) is 4.70. The maximum absolute atomic E-state index is 10.5. The Labute approximate surface area is 55.8 Å². The molecule has 0 aromatic heterocycles. The number of hydrogen-bond donors (Lipinski definition) is 1. The first-order valence-corrected chi connectivity index (χ1v) is 3.16. The average molecular weight is 147 g/mol. The molecule has 0 radical (unpaired) electrons. The van der Waals surface area contributed by atoms with Gasteiger partial charge in [-0.05, 0) is 11.8 Å². The molecule has 0 aliphatic carbocycles. The number of likely N-dealkylation sites (N-methyl/N-ethyl adjacent to an activating group) is 1. The van der Waals surface area contributed by atoms with Crippen LogP contribution in [0.1, 0.15) is 0 Å². The molecule has 1 aliphatic rings. The number of carbonyl (C=O) groups is 2. The van der Waals surface area contributed by atoms with Gasteiger partial charge in [0.1, 0.15) is 0 Å². The van der Waals surface area contributed by atoms with Gasteiger partial charge in [-0.3, -0.25) is 9.59 Å². The monoisotopic (exact) mass is 147 g/mol. The fourth-order valence-electron chi connectivity index (χ4n) is 0.470. The van der Waals surface area contributed by atoms with Crippen LogP contribution < -0.4 is 0 Å². The summed E-state index contributed by atoms with van der Waals surface area (Å²) in [5.74, 6) is -0.632. The summed E-state index contributed by atoms with van der Waals surface area (Å²) in [5.41, 5.74) is -0.981. The Morgan fingerprint density at radius 3 is 2.33 bits per heavy atom. The number of aliphatic hydroxyl groups excluding tert-OH is 1. The lowest BCUT2D eigenvalue weighted by atomic mass is 10.6. The normalized spacial score (nSPS) is 27.8. The summed E-state index contributed by atoms with van der Waals surface area (Å²) in [4.78, 5) is 21.9. The standard InChI is InChI=1S/C4H5NO3S/c1-5-2(6)3(7)9-4(5)8/h4,8H,1H3. The van der Waals surface area contributed by atoms with E-state index in [2.05, 4.69) is 0 Å². The average Bonchev–Trinajstić information content (AvgIpc) is 1.98. The Morgan fingerprint density at radius 1 is 1.67 bits per heavy atom. The van der Waals surface area contributed by atoms with Gasteiger partial charge in [0, 0.05) is 7.05 Å². The number of nitrogens with zero attached hydrogens (tertiary/aromatic N) is 1. The second-order valence-electron chi connectivity index (χ2n) is 1.65. The third-order valence-electron chi connectivity index (χ3n) is 1.04.